The van der Waals surface area contributed by atoms with E-state index in [4.69, 9.17) is 14.2 Å². The van der Waals surface area contributed by atoms with E-state index >= 15 is 0 Å². The second kappa shape index (κ2) is 10.4. The fourth-order valence-corrected chi connectivity index (χ4v) is 2.95. The van der Waals surface area contributed by atoms with Gasteiger partial charge in [-0.25, -0.2) is 0 Å². The zero-order valence-corrected chi connectivity index (χ0v) is 17.7. The second-order valence-electron chi connectivity index (χ2n) is 6.47. The van der Waals surface area contributed by atoms with Crippen molar-refractivity contribution >= 4 is 5.96 Å². The molecule has 0 atom stereocenters. The molecule has 28 heavy (non-hydrogen) atoms. The van der Waals surface area contributed by atoms with Crippen molar-refractivity contribution in [2.75, 3.05) is 27.9 Å². The van der Waals surface area contributed by atoms with Crippen molar-refractivity contribution in [1.29, 1.82) is 0 Å². The van der Waals surface area contributed by atoms with Gasteiger partial charge in [-0.3, -0.25) is 4.99 Å². The third-order valence-electron chi connectivity index (χ3n) is 4.44. The molecule has 0 aromatic heterocycles. The van der Waals surface area contributed by atoms with Crippen LogP contribution in [0.1, 0.15) is 29.2 Å². The van der Waals surface area contributed by atoms with Crippen LogP contribution in [0.25, 0.3) is 0 Å². The van der Waals surface area contributed by atoms with E-state index in [2.05, 4.69) is 47.7 Å². The lowest BCUT2D eigenvalue weighted by molar-refractivity contribution is 0.288. The van der Waals surface area contributed by atoms with Gasteiger partial charge in [-0.1, -0.05) is 23.8 Å². The molecule has 2 rings (SSSR count). The number of hydrogen-bond donors (Lipinski definition) is 2. The van der Waals surface area contributed by atoms with Crippen LogP contribution in [-0.2, 0) is 13.1 Å². The molecule has 0 amide bonds. The molecule has 0 aliphatic rings. The minimum atomic E-state index is 0.541. The maximum absolute atomic E-state index is 5.65. The number of aryl methyl sites for hydroxylation is 2. The Morgan fingerprint density at radius 3 is 2.14 bits per heavy atom. The van der Waals surface area contributed by atoms with Crippen LogP contribution < -0.4 is 24.8 Å². The number of rotatable bonds is 8. The molecule has 2 aromatic rings. The first-order valence-electron chi connectivity index (χ1n) is 9.40. The monoisotopic (exact) mass is 385 g/mol. The minimum absolute atomic E-state index is 0.541. The smallest absolute Gasteiger partial charge is 0.203 e. The molecule has 0 saturated heterocycles. The zero-order valence-electron chi connectivity index (χ0n) is 17.7. The van der Waals surface area contributed by atoms with Crippen LogP contribution in [0, 0.1) is 13.8 Å². The van der Waals surface area contributed by atoms with Crippen molar-refractivity contribution in [3.8, 4) is 17.2 Å². The van der Waals surface area contributed by atoms with Crippen LogP contribution in [-0.4, -0.2) is 33.8 Å². The van der Waals surface area contributed by atoms with Gasteiger partial charge in [0, 0.05) is 20.1 Å². The van der Waals surface area contributed by atoms with Crippen LogP contribution in [0.3, 0.4) is 0 Å². The van der Waals surface area contributed by atoms with Crippen molar-refractivity contribution in [1.82, 2.24) is 10.6 Å². The molecule has 2 aromatic carbocycles. The summed E-state index contributed by atoms with van der Waals surface area (Å²) in [6, 6.07) is 10.3. The van der Waals surface area contributed by atoms with Crippen molar-refractivity contribution < 1.29 is 14.2 Å². The van der Waals surface area contributed by atoms with E-state index in [-0.39, 0.29) is 0 Å². The normalized spacial score (nSPS) is 11.1. The molecular weight excluding hydrogens is 354 g/mol. The van der Waals surface area contributed by atoms with Gasteiger partial charge in [-0.15, -0.1) is 0 Å². The topological polar surface area (TPSA) is 64.1 Å². The van der Waals surface area contributed by atoms with Gasteiger partial charge in [0.1, 0.15) is 0 Å². The van der Waals surface area contributed by atoms with Crippen molar-refractivity contribution in [3.05, 3.63) is 52.6 Å². The molecule has 0 saturated carbocycles. The fraction of sp³-hybridized carbons (Fsp3) is 0.409. The van der Waals surface area contributed by atoms with E-state index in [1.165, 1.54) is 16.7 Å². The number of nitrogens with one attached hydrogen (secondary N) is 2. The predicted octanol–water partition coefficient (Wildman–Crippen LogP) is 3.58. The molecule has 0 radical (unpaired) electrons. The highest BCUT2D eigenvalue weighted by Gasteiger charge is 2.14. The standard InChI is InChI=1S/C22H31N3O3/c1-7-28-21-19(26-5)11-17(12-20(21)27-6)13-24-22(23-4)25-14-18-9-8-15(2)10-16(18)3/h8-12H,7,13-14H2,1-6H3,(H2,23,24,25). The lowest BCUT2D eigenvalue weighted by Gasteiger charge is -2.17. The van der Waals surface area contributed by atoms with Crippen molar-refractivity contribution in [2.24, 2.45) is 4.99 Å². The quantitative estimate of drug-likeness (QED) is 0.537. The molecule has 6 heteroatoms. The van der Waals surface area contributed by atoms with E-state index in [1.54, 1.807) is 21.3 Å². The van der Waals surface area contributed by atoms with E-state index in [9.17, 15) is 0 Å². The third kappa shape index (κ3) is 5.55. The molecule has 0 spiro atoms. The molecule has 0 aliphatic carbocycles. The second-order valence-corrected chi connectivity index (χ2v) is 6.47. The van der Waals surface area contributed by atoms with E-state index < -0.39 is 0 Å². The number of nitrogens with zero attached hydrogens (tertiary/aromatic N) is 1. The number of benzene rings is 2. The lowest BCUT2D eigenvalue weighted by Crippen LogP contribution is -2.36. The number of ether oxygens (including phenoxy) is 3. The number of hydrogen-bond acceptors (Lipinski definition) is 4. The Morgan fingerprint density at radius 2 is 1.61 bits per heavy atom. The van der Waals surface area contributed by atoms with E-state index in [0.717, 1.165) is 11.5 Å². The summed E-state index contributed by atoms with van der Waals surface area (Å²) in [5.74, 6) is 2.65. The van der Waals surface area contributed by atoms with Gasteiger partial charge in [0.05, 0.1) is 20.8 Å². The largest absolute Gasteiger partial charge is 0.493 e. The SMILES string of the molecule is CCOc1c(OC)cc(CNC(=NC)NCc2ccc(C)cc2C)cc1OC. The predicted molar refractivity (Wildman–Crippen MR) is 114 cm³/mol. The van der Waals surface area contributed by atoms with Crippen LogP contribution in [0.2, 0.25) is 0 Å². The Kier molecular flexibility index (Phi) is 7.99. The third-order valence-corrected chi connectivity index (χ3v) is 4.44. The van der Waals surface area contributed by atoms with Gasteiger partial charge >= 0.3 is 0 Å². The molecular formula is C22H31N3O3. The van der Waals surface area contributed by atoms with Gasteiger partial charge in [0.2, 0.25) is 5.75 Å². The Hall–Kier alpha value is -2.89. The molecule has 0 unspecified atom stereocenters. The van der Waals surface area contributed by atoms with Gasteiger partial charge in [0.15, 0.2) is 17.5 Å². The number of methoxy groups -OCH3 is 2. The first kappa shape index (κ1) is 21.4. The molecule has 0 aliphatic heterocycles. The number of aliphatic imine (C=N–C) groups is 1. The number of guanidine groups is 1. The maximum Gasteiger partial charge on any atom is 0.203 e. The van der Waals surface area contributed by atoms with E-state index in [1.807, 2.05) is 19.1 Å². The summed E-state index contributed by atoms with van der Waals surface area (Å²) >= 11 is 0. The summed E-state index contributed by atoms with van der Waals surface area (Å²) in [6.45, 7) is 7.98. The first-order chi connectivity index (χ1) is 13.5. The molecule has 152 valence electrons. The molecule has 6 nitrogen and oxygen atoms in total. The van der Waals surface area contributed by atoms with Gasteiger partial charge in [-0.05, 0) is 49.6 Å². The lowest BCUT2D eigenvalue weighted by atomic mass is 10.1. The van der Waals surface area contributed by atoms with E-state index in [0.29, 0.717) is 36.9 Å². The van der Waals surface area contributed by atoms with Crippen molar-refractivity contribution in [2.45, 2.75) is 33.9 Å². The minimum Gasteiger partial charge on any atom is -0.493 e. The summed E-state index contributed by atoms with van der Waals surface area (Å²) in [5, 5.41) is 6.68. The van der Waals surface area contributed by atoms with Gasteiger partial charge < -0.3 is 24.8 Å². The van der Waals surface area contributed by atoms with Crippen LogP contribution in [0.15, 0.2) is 35.3 Å². The summed E-state index contributed by atoms with van der Waals surface area (Å²) in [5.41, 5.74) is 4.79. The summed E-state index contributed by atoms with van der Waals surface area (Å²) in [6.07, 6.45) is 0. The average molecular weight is 386 g/mol. The Balaban J connectivity index is 2.04. The summed E-state index contributed by atoms with van der Waals surface area (Å²) in [4.78, 5) is 4.30. The van der Waals surface area contributed by atoms with Crippen LogP contribution in [0.4, 0.5) is 0 Å². The van der Waals surface area contributed by atoms with Crippen LogP contribution in [0.5, 0.6) is 17.2 Å². The zero-order chi connectivity index (χ0) is 20.5. The molecule has 2 N–H and O–H groups in total. The van der Waals surface area contributed by atoms with Crippen LogP contribution >= 0.6 is 0 Å². The maximum atomic E-state index is 5.65. The molecule has 0 bridgehead atoms. The summed E-state index contributed by atoms with van der Waals surface area (Å²) < 4.78 is 16.6. The highest BCUT2D eigenvalue weighted by Crippen LogP contribution is 2.38. The molecule has 0 heterocycles. The Labute approximate surface area is 167 Å². The van der Waals surface area contributed by atoms with Gasteiger partial charge in [-0.2, -0.15) is 0 Å². The Bertz CT molecular complexity index is 794. The van der Waals surface area contributed by atoms with Gasteiger partial charge in [0.25, 0.3) is 0 Å². The highest BCUT2D eigenvalue weighted by molar-refractivity contribution is 5.79. The van der Waals surface area contributed by atoms with Crippen molar-refractivity contribution in [3.63, 3.8) is 0 Å². The first-order valence-corrected chi connectivity index (χ1v) is 9.40. The average Bonchev–Trinajstić information content (AvgIpc) is 2.70. The highest BCUT2D eigenvalue weighted by atomic mass is 16.5. The molecule has 0 fully saturated rings. The fourth-order valence-electron chi connectivity index (χ4n) is 2.95. The summed E-state index contributed by atoms with van der Waals surface area (Å²) in [7, 11) is 5.01. The Morgan fingerprint density at radius 1 is 0.964 bits per heavy atom.